The first-order valence-electron chi connectivity index (χ1n) is 3.51. The molecule has 0 aromatic carbocycles. The molecule has 0 saturated carbocycles. The predicted molar refractivity (Wildman–Crippen MR) is 38.5 cm³/mol. The van der Waals surface area contributed by atoms with Gasteiger partial charge in [0, 0.05) is 0 Å². The van der Waals surface area contributed by atoms with E-state index >= 15 is 0 Å². The van der Waals surface area contributed by atoms with E-state index in [2.05, 4.69) is 16.4 Å². The molecule has 0 radical (unpaired) electrons. The number of nitrogens with zero attached hydrogens (tertiary/aromatic N) is 1. The van der Waals surface area contributed by atoms with Gasteiger partial charge in [0.2, 0.25) is 0 Å². The van der Waals surface area contributed by atoms with Crippen molar-refractivity contribution in [1.29, 1.82) is 0 Å². The van der Waals surface area contributed by atoms with Gasteiger partial charge in [-0.15, -0.1) is 0 Å². The molecule has 1 aromatic rings. The summed E-state index contributed by atoms with van der Waals surface area (Å²) in [6, 6.07) is 4.98. The van der Waals surface area contributed by atoms with Crippen LogP contribution in [-0.4, -0.2) is 11.5 Å². The zero-order valence-corrected chi connectivity index (χ0v) is 9.85. The van der Waals surface area contributed by atoms with Gasteiger partial charge in [-0.1, -0.05) is 6.20 Å². The van der Waals surface area contributed by atoms with Gasteiger partial charge in [0.1, 0.15) is 0 Å². The van der Waals surface area contributed by atoms with Crippen LogP contribution in [0.4, 0.5) is 0 Å². The smallest absolute Gasteiger partial charge is 0.329 e. The molecular formula is C8H9KN2. The molecule has 3 heteroatoms. The maximum Gasteiger partial charge on any atom is 1.00 e. The Morgan fingerprint density at radius 2 is 2.45 bits per heavy atom. The van der Waals surface area contributed by atoms with Crippen molar-refractivity contribution in [3.63, 3.8) is 0 Å². The van der Waals surface area contributed by atoms with Crippen LogP contribution in [0.1, 0.15) is 11.3 Å². The number of rotatable bonds is 0. The SMILES string of the molecule is [K+].[c-]1cnc2c(c1)CNCC2. The van der Waals surface area contributed by atoms with E-state index in [0.29, 0.717) is 0 Å². The Bertz CT molecular complexity index is 212. The Morgan fingerprint density at radius 1 is 1.55 bits per heavy atom. The number of hydrogen-bond acceptors (Lipinski definition) is 2. The van der Waals surface area contributed by atoms with E-state index < -0.39 is 0 Å². The molecule has 0 saturated heterocycles. The Kier molecular flexibility index (Phi) is 4.20. The maximum absolute atomic E-state index is 4.22. The van der Waals surface area contributed by atoms with Gasteiger partial charge in [-0.3, -0.25) is 0 Å². The molecule has 0 atom stereocenters. The molecule has 2 rings (SSSR count). The molecule has 1 aliphatic rings. The van der Waals surface area contributed by atoms with Crippen LogP contribution in [0.25, 0.3) is 0 Å². The average molecular weight is 172 g/mol. The first-order valence-corrected chi connectivity index (χ1v) is 3.51. The summed E-state index contributed by atoms with van der Waals surface area (Å²) in [5, 5.41) is 3.28. The Balaban J connectivity index is 0.000000605. The van der Waals surface area contributed by atoms with Gasteiger partial charge < -0.3 is 10.3 Å². The predicted octanol–water partition coefficient (Wildman–Crippen LogP) is -2.47. The maximum atomic E-state index is 4.22. The summed E-state index contributed by atoms with van der Waals surface area (Å²) in [6.45, 7) is 2.02. The topological polar surface area (TPSA) is 24.9 Å². The molecule has 0 amide bonds. The molecule has 2 heterocycles. The van der Waals surface area contributed by atoms with Crippen molar-refractivity contribution in [3.05, 3.63) is 29.6 Å². The van der Waals surface area contributed by atoms with Crippen LogP contribution in [0.5, 0.6) is 0 Å². The second kappa shape index (κ2) is 4.69. The van der Waals surface area contributed by atoms with E-state index in [4.69, 9.17) is 0 Å². The van der Waals surface area contributed by atoms with E-state index in [9.17, 15) is 0 Å². The van der Waals surface area contributed by atoms with Crippen molar-refractivity contribution in [2.24, 2.45) is 0 Å². The summed E-state index contributed by atoms with van der Waals surface area (Å²) in [5.41, 5.74) is 2.53. The molecule has 1 N–H and O–H groups in total. The molecule has 1 aliphatic heterocycles. The van der Waals surface area contributed by atoms with Crippen LogP contribution in [0.15, 0.2) is 12.3 Å². The first-order chi connectivity index (χ1) is 4.97. The minimum atomic E-state index is 0. The molecular weight excluding hydrogens is 163 g/mol. The number of fused-ring (bicyclic) bond motifs is 1. The van der Waals surface area contributed by atoms with Gasteiger partial charge in [-0.2, -0.15) is 5.56 Å². The number of pyridine rings is 1. The molecule has 0 spiro atoms. The summed E-state index contributed by atoms with van der Waals surface area (Å²) < 4.78 is 0. The van der Waals surface area contributed by atoms with Gasteiger partial charge in [0.25, 0.3) is 0 Å². The summed E-state index contributed by atoms with van der Waals surface area (Å²) in [7, 11) is 0. The Labute approximate surface area is 109 Å². The molecule has 0 bridgehead atoms. The number of hydrogen-bond donors (Lipinski definition) is 1. The molecule has 0 aliphatic carbocycles. The second-order valence-electron chi connectivity index (χ2n) is 2.47. The normalized spacial score (nSPS) is 14.9. The van der Waals surface area contributed by atoms with Gasteiger partial charge in [-0.25, -0.2) is 12.1 Å². The van der Waals surface area contributed by atoms with Crippen molar-refractivity contribution >= 4 is 0 Å². The molecule has 2 nitrogen and oxygen atoms in total. The van der Waals surface area contributed by atoms with Gasteiger partial charge >= 0.3 is 51.4 Å². The van der Waals surface area contributed by atoms with Crippen LogP contribution in [-0.2, 0) is 13.0 Å². The molecule has 1 aromatic heterocycles. The van der Waals surface area contributed by atoms with Crippen molar-refractivity contribution < 1.29 is 51.4 Å². The molecule has 0 unspecified atom stereocenters. The minimum Gasteiger partial charge on any atom is -0.329 e. The van der Waals surface area contributed by atoms with E-state index in [0.717, 1.165) is 19.5 Å². The third kappa shape index (κ3) is 2.34. The third-order valence-corrected chi connectivity index (χ3v) is 1.78. The zero-order chi connectivity index (χ0) is 6.81. The van der Waals surface area contributed by atoms with Crippen LogP contribution in [0.3, 0.4) is 0 Å². The average Bonchev–Trinajstić information content (AvgIpc) is 2.05. The van der Waals surface area contributed by atoms with Crippen molar-refractivity contribution in [1.82, 2.24) is 10.3 Å². The standard InChI is InChI=1S/C8H9N2.K/c1-2-7-6-9-5-3-8(7)10-4-1;/h2,4,9H,3,5-6H2;/q-1;+1. The van der Waals surface area contributed by atoms with E-state index in [1.54, 1.807) is 6.20 Å². The minimum absolute atomic E-state index is 0. The second-order valence-corrected chi connectivity index (χ2v) is 2.47. The van der Waals surface area contributed by atoms with E-state index in [-0.39, 0.29) is 51.4 Å². The Hall–Kier alpha value is 0.746. The first kappa shape index (κ1) is 9.83. The van der Waals surface area contributed by atoms with Crippen LogP contribution < -0.4 is 56.7 Å². The summed E-state index contributed by atoms with van der Waals surface area (Å²) >= 11 is 0. The Morgan fingerprint density at radius 3 is 3.27 bits per heavy atom. The fourth-order valence-electron chi connectivity index (χ4n) is 1.23. The quantitative estimate of drug-likeness (QED) is 0.347. The fourth-order valence-corrected chi connectivity index (χ4v) is 1.23. The monoisotopic (exact) mass is 172 g/mol. The summed E-state index contributed by atoms with van der Waals surface area (Å²) in [6.07, 6.45) is 2.80. The van der Waals surface area contributed by atoms with Crippen molar-refractivity contribution in [2.45, 2.75) is 13.0 Å². The molecule has 52 valence electrons. The summed E-state index contributed by atoms with van der Waals surface area (Å²) in [4.78, 5) is 4.22. The van der Waals surface area contributed by atoms with Gasteiger partial charge in [0.05, 0.1) is 0 Å². The molecule has 0 fully saturated rings. The fraction of sp³-hybridized carbons (Fsp3) is 0.375. The number of aromatic nitrogens is 1. The van der Waals surface area contributed by atoms with Crippen LogP contribution in [0.2, 0.25) is 0 Å². The third-order valence-electron chi connectivity index (χ3n) is 1.78. The van der Waals surface area contributed by atoms with E-state index in [1.165, 1.54) is 11.3 Å². The van der Waals surface area contributed by atoms with Crippen molar-refractivity contribution in [3.8, 4) is 0 Å². The van der Waals surface area contributed by atoms with Crippen LogP contribution in [0, 0.1) is 6.07 Å². The van der Waals surface area contributed by atoms with Crippen LogP contribution >= 0.6 is 0 Å². The van der Waals surface area contributed by atoms with E-state index in [1.807, 2.05) is 6.07 Å². The number of nitrogens with one attached hydrogen (secondary N) is 1. The zero-order valence-electron chi connectivity index (χ0n) is 6.72. The van der Waals surface area contributed by atoms with Crippen molar-refractivity contribution in [2.75, 3.05) is 6.54 Å². The largest absolute Gasteiger partial charge is 1.00 e. The molecule has 11 heavy (non-hydrogen) atoms. The van der Waals surface area contributed by atoms with Gasteiger partial charge in [-0.05, 0) is 25.2 Å². The van der Waals surface area contributed by atoms with Gasteiger partial charge in [0.15, 0.2) is 0 Å². The summed E-state index contributed by atoms with van der Waals surface area (Å²) in [5.74, 6) is 0.